The molecule has 0 aliphatic rings. The Labute approximate surface area is 196 Å². The summed E-state index contributed by atoms with van der Waals surface area (Å²) >= 11 is 0. The number of rotatable bonds is 4. The van der Waals surface area contributed by atoms with Gasteiger partial charge in [-0.05, 0) is 18.2 Å². The predicted molar refractivity (Wildman–Crippen MR) is 130 cm³/mol. The molecule has 4 heterocycles. The summed E-state index contributed by atoms with van der Waals surface area (Å²) in [6, 6.07) is 9.59. The summed E-state index contributed by atoms with van der Waals surface area (Å²) in [5, 5.41) is 15.7. The van der Waals surface area contributed by atoms with Gasteiger partial charge < -0.3 is 15.8 Å². The zero-order chi connectivity index (χ0) is 24.2. The Kier molecular flexibility index (Phi) is 6.65. The lowest BCUT2D eigenvalue weighted by atomic mass is 10.0. The molecule has 0 fully saturated rings. The van der Waals surface area contributed by atoms with Crippen LogP contribution in [0.15, 0.2) is 61.2 Å². The first-order chi connectivity index (χ1) is 16.4. The van der Waals surface area contributed by atoms with Crippen molar-refractivity contribution in [1.29, 1.82) is 0 Å². The number of aromatic nitrogens is 6. The molecule has 0 radical (unpaired) electrons. The van der Waals surface area contributed by atoms with Crippen LogP contribution in [0.4, 0.5) is 10.3 Å². The summed E-state index contributed by atoms with van der Waals surface area (Å²) in [5.74, 6) is -0.542. The molecule has 0 bridgehead atoms. The van der Waals surface area contributed by atoms with Gasteiger partial charge in [0, 0.05) is 53.3 Å². The third-order valence-electron chi connectivity index (χ3n) is 5.09. The van der Waals surface area contributed by atoms with Gasteiger partial charge in [0.25, 0.3) is 0 Å². The normalized spacial score (nSPS) is 11.8. The fourth-order valence-electron chi connectivity index (χ4n) is 3.56. The SMILES string of the molecule is CCC.Cn1cc(-c2cnc3[nH]cc(-c4cc(C(O)c5ccccc5F)nc(N)n4)c3c2)cn1. The smallest absolute Gasteiger partial charge is 0.220 e. The first-order valence-corrected chi connectivity index (χ1v) is 10.9. The predicted octanol–water partition coefficient (Wildman–Crippen LogP) is 4.64. The number of aromatic amines is 1. The van der Waals surface area contributed by atoms with Gasteiger partial charge in [0.1, 0.15) is 17.6 Å². The number of fused-ring (bicyclic) bond motifs is 1. The molecule has 0 amide bonds. The highest BCUT2D eigenvalue weighted by Gasteiger charge is 2.19. The molecule has 8 nitrogen and oxygen atoms in total. The summed E-state index contributed by atoms with van der Waals surface area (Å²) in [6.45, 7) is 4.25. The van der Waals surface area contributed by atoms with Crippen molar-refractivity contribution >= 4 is 17.0 Å². The average molecular weight is 460 g/mol. The minimum Gasteiger partial charge on any atom is -0.382 e. The molecule has 0 aliphatic heterocycles. The first kappa shape index (κ1) is 23.1. The molecule has 9 heteroatoms. The number of hydrogen-bond acceptors (Lipinski definition) is 6. The van der Waals surface area contributed by atoms with Crippen LogP contribution in [0.1, 0.15) is 37.6 Å². The molecular formula is C25H26FN7O. The summed E-state index contributed by atoms with van der Waals surface area (Å²) in [6.07, 6.45) is 7.17. The number of benzene rings is 1. The summed E-state index contributed by atoms with van der Waals surface area (Å²) in [5.41, 5.74) is 9.99. The maximum absolute atomic E-state index is 14.2. The number of nitrogens with one attached hydrogen (secondary N) is 1. The summed E-state index contributed by atoms with van der Waals surface area (Å²) < 4.78 is 15.9. The van der Waals surface area contributed by atoms with Crippen LogP contribution in [0, 0.1) is 5.82 Å². The molecular weight excluding hydrogens is 433 g/mol. The minimum absolute atomic E-state index is 0.0198. The van der Waals surface area contributed by atoms with E-state index in [1.54, 1.807) is 41.5 Å². The van der Waals surface area contributed by atoms with Gasteiger partial charge in [0.05, 0.1) is 17.6 Å². The molecule has 174 valence electrons. The number of anilines is 1. The van der Waals surface area contributed by atoms with E-state index in [0.29, 0.717) is 11.3 Å². The Morgan fingerprint density at radius 1 is 1.12 bits per heavy atom. The van der Waals surface area contributed by atoms with Crippen molar-refractivity contribution in [3.63, 3.8) is 0 Å². The van der Waals surface area contributed by atoms with Crippen molar-refractivity contribution in [1.82, 2.24) is 29.7 Å². The summed E-state index contributed by atoms with van der Waals surface area (Å²) in [4.78, 5) is 16.1. The van der Waals surface area contributed by atoms with Crippen LogP contribution < -0.4 is 5.73 Å². The van der Waals surface area contributed by atoms with Gasteiger partial charge in [-0.3, -0.25) is 4.68 Å². The molecule has 0 aliphatic carbocycles. The molecule has 0 saturated heterocycles. The number of halogens is 1. The molecule has 4 N–H and O–H groups in total. The largest absolute Gasteiger partial charge is 0.382 e. The zero-order valence-electron chi connectivity index (χ0n) is 19.2. The van der Waals surface area contributed by atoms with Crippen LogP contribution >= 0.6 is 0 Å². The van der Waals surface area contributed by atoms with Gasteiger partial charge in [-0.1, -0.05) is 38.5 Å². The van der Waals surface area contributed by atoms with Crippen LogP contribution in [-0.2, 0) is 7.05 Å². The quantitative estimate of drug-likeness (QED) is 0.360. The van der Waals surface area contributed by atoms with Gasteiger partial charge in [-0.25, -0.2) is 19.3 Å². The van der Waals surface area contributed by atoms with Crippen molar-refractivity contribution in [3.05, 3.63) is 78.3 Å². The molecule has 1 unspecified atom stereocenters. The molecule has 4 aromatic heterocycles. The second kappa shape index (κ2) is 9.80. The maximum atomic E-state index is 14.2. The maximum Gasteiger partial charge on any atom is 0.220 e. The fourth-order valence-corrected chi connectivity index (χ4v) is 3.56. The third kappa shape index (κ3) is 4.65. The lowest BCUT2D eigenvalue weighted by Crippen LogP contribution is -2.08. The molecule has 0 spiro atoms. The number of aliphatic hydroxyl groups is 1. The first-order valence-electron chi connectivity index (χ1n) is 10.9. The molecule has 5 aromatic rings. The van der Waals surface area contributed by atoms with Gasteiger partial charge in [0.2, 0.25) is 5.95 Å². The van der Waals surface area contributed by atoms with Crippen molar-refractivity contribution in [2.45, 2.75) is 26.4 Å². The van der Waals surface area contributed by atoms with E-state index in [4.69, 9.17) is 5.73 Å². The lowest BCUT2D eigenvalue weighted by Gasteiger charge is -2.13. The zero-order valence-corrected chi connectivity index (χ0v) is 19.2. The van der Waals surface area contributed by atoms with Gasteiger partial charge in [0.15, 0.2) is 0 Å². The lowest BCUT2D eigenvalue weighted by molar-refractivity contribution is 0.210. The van der Waals surface area contributed by atoms with Crippen LogP contribution in [0.2, 0.25) is 0 Å². The standard InChI is InChI=1S/C22H18FN7O.C3H8/c1-30-11-13(9-27-30)12-6-15-16(10-26-21(15)25-8-12)18-7-19(29-22(24)28-18)20(31)14-4-2-3-5-17(14)23;1-3-2/h2-11,20,31H,1H3,(H,25,26)(H2,24,28,29);3H2,1-2H3. The number of nitrogens with two attached hydrogens (primary N) is 1. The highest BCUT2D eigenvalue weighted by molar-refractivity contribution is 5.95. The van der Waals surface area contributed by atoms with Crippen molar-refractivity contribution in [2.75, 3.05) is 5.73 Å². The Bertz CT molecular complexity index is 1430. The third-order valence-corrected chi connectivity index (χ3v) is 5.09. The van der Waals surface area contributed by atoms with Crippen LogP contribution in [-0.4, -0.2) is 34.8 Å². The van der Waals surface area contributed by atoms with Gasteiger partial charge >= 0.3 is 0 Å². The van der Waals surface area contributed by atoms with E-state index in [9.17, 15) is 9.50 Å². The van der Waals surface area contributed by atoms with Gasteiger partial charge in [-0.15, -0.1) is 0 Å². The van der Waals surface area contributed by atoms with Crippen LogP contribution in [0.5, 0.6) is 0 Å². The van der Waals surface area contributed by atoms with Crippen molar-refractivity contribution in [2.24, 2.45) is 7.05 Å². The topological polar surface area (TPSA) is 119 Å². The van der Waals surface area contributed by atoms with E-state index >= 15 is 0 Å². The van der Waals surface area contributed by atoms with E-state index in [1.807, 2.05) is 19.3 Å². The highest BCUT2D eigenvalue weighted by atomic mass is 19.1. The number of pyridine rings is 1. The van der Waals surface area contributed by atoms with E-state index in [0.717, 1.165) is 22.1 Å². The van der Waals surface area contributed by atoms with Crippen molar-refractivity contribution in [3.8, 4) is 22.4 Å². The van der Waals surface area contributed by atoms with Crippen molar-refractivity contribution < 1.29 is 9.50 Å². The van der Waals surface area contributed by atoms with Crippen LogP contribution in [0.3, 0.4) is 0 Å². The number of H-pyrrole nitrogens is 1. The molecule has 0 saturated carbocycles. The Hall–Kier alpha value is -4.11. The molecule has 1 atom stereocenters. The number of hydrogen-bond donors (Lipinski definition) is 3. The van der Waals surface area contributed by atoms with E-state index in [-0.39, 0.29) is 17.2 Å². The molecule has 34 heavy (non-hydrogen) atoms. The Morgan fingerprint density at radius 2 is 1.88 bits per heavy atom. The Balaban J connectivity index is 0.000000868. The summed E-state index contributed by atoms with van der Waals surface area (Å²) in [7, 11) is 1.85. The molecule has 5 rings (SSSR count). The fraction of sp³-hybridized carbons (Fsp3) is 0.200. The van der Waals surface area contributed by atoms with Crippen LogP contribution in [0.25, 0.3) is 33.4 Å². The molecule has 1 aromatic carbocycles. The number of aryl methyl sites for hydroxylation is 1. The Morgan fingerprint density at radius 3 is 2.59 bits per heavy atom. The minimum atomic E-state index is -1.28. The second-order valence-electron chi connectivity index (χ2n) is 7.89. The number of nitrogens with zero attached hydrogens (tertiary/aromatic N) is 5. The van der Waals surface area contributed by atoms with Gasteiger partial charge in [-0.2, -0.15) is 5.10 Å². The number of nitrogen functional groups attached to an aromatic ring is 1. The number of aliphatic hydroxyl groups excluding tert-OH is 1. The van der Waals surface area contributed by atoms with E-state index in [1.165, 1.54) is 18.6 Å². The average Bonchev–Trinajstić information content (AvgIpc) is 3.45. The highest BCUT2D eigenvalue weighted by Crippen LogP contribution is 2.32. The van der Waals surface area contributed by atoms with E-state index < -0.39 is 11.9 Å². The second-order valence-corrected chi connectivity index (χ2v) is 7.89. The van der Waals surface area contributed by atoms with E-state index in [2.05, 4.69) is 38.9 Å². The monoisotopic (exact) mass is 459 g/mol.